The van der Waals surface area contributed by atoms with Crippen LogP contribution in [0.2, 0.25) is 0 Å². The van der Waals surface area contributed by atoms with Crippen molar-refractivity contribution in [2.45, 2.75) is 6.92 Å². The van der Waals surface area contributed by atoms with E-state index in [9.17, 15) is 0 Å². The van der Waals surface area contributed by atoms with E-state index in [4.69, 9.17) is 11.8 Å². The summed E-state index contributed by atoms with van der Waals surface area (Å²) in [6.45, 7) is 8.49. The summed E-state index contributed by atoms with van der Waals surface area (Å²) in [6.07, 6.45) is 0. The Balaban J connectivity index is 3.28. The highest BCUT2D eigenvalue weighted by atomic mass is 32.1. The quantitative estimate of drug-likeness (QED) is 0.519. The van der Waals surface area contributed by atoms with Crippen molar-refractivity contribution < 1.29 is 0 Å². The van der Waals surface area contributed by atoms with Crippen molar-refractivity contribution in [1.82, 2.24) is 0 Å². The molecule has 0 saturated carbocycles. The third-order valence-electron chi connectivity index (χ3n) is 1.24. The van der Waals surface area contributed by atoms with Crippen molar-refractivity contribution in [3.63, 3.8) is 0 Å². The Labute approximate surface area is 63.2 Å². The van der Waals surface area contributed by atoms with Crippen LogP contribution in [0.3, 0.4) is 0 Å². The molecule has 0 aromatic carbocycles. The summed E-state index contributed by atoms with van der Waals surface area (Å²) in [6, 6.07) is 2.02. The maximum Gasteiger partial charge on any atom is 0.245 e. The highest BCUT2D eigenvalue weighted by Gasteiger charge is 2.04. The molecule has 0 aliphatic heterocycles. The van der Waals surface area contributed by atoms with Gasteiger partial charge in [-0.2, -0.15) is 16.6 Å². The van der Waals surface area contributed by atoms with Gasteiger partial charge in [0.05, 0.1) is 18.2 Å². The topological polar surface area (TPSA) is 28.1 Å². The summed E-state index contributed by atoms with van der Waals surface area (Å²) in [5, 5.41) is 10.8. The number of nitrogens with zero attached hydrogens (tertiary/aromatic N) is 2. The molecule has 0 bridgehead atoms. The van der Waals surface area contributed by atoms with Gasteiger partial charge in [0.15, 0.2) is 0 Å². The first-order valence-electron chi connectivity index (χ1n) is 2.65. The van der Waals surface area contributed by atoms with Gasteiger partial charge in [-0.25, -0.2) is 4.85 Å². The zero-order chi connectivity index (χ0) is 7.56. The van der Waals surface area contributed by atoms with Crippen LogP contribution in [0.5, 0.6) is 0 Å². The van der Waals surface area contributed by atoms with Crippen molar-refractivity contribution >= 4 is 16.3 Å². The smallest absolute Gasteiger partial charge is 0.226 e. The predicted molar refractivity (Wildman–Crippen MR) is 40.0 cm³/mol. The van der Waals surface area contributed by atoms with Gasteiger partial charge in [0, 0.05) is 0 Å². The standard InChI is InChI=1S/C7H4N2S/c1-5-6(3-8)4-10-7(5)9-2/h4H,1H3. The third-order valence-corrected chi connectivity index (χ3v) is 2.21. The second kappa shape index (κ2) is 2.51. The molecule has 1 aromatic heterocycles. The molecule has 1 aromatic rings. The molecular formula is C7H4N2S. The molecule has 0 fully saturated rings. The van der Waals surface area contributed by atoms with Crippen LogP contribution in [-0.4, -0.2) is 0 Å². The SMILES string of the molecule is [C-]#[N+]c1scc(C#N)c1C. The lowest BCUT2D eigenvalue weighted by Crippen LogP contribution is -1.69. The zero-order valence-electron chi connectivity index (χ0n) is 5.38. The largest absolute Gasteiger partial charge is 0.245 e. The highest BCUT2D eigenvalue weighted by molar-refractivity contribution is 7.14. The lowest BCUT2D eigenvalue weighted by molar-refractivity contribution is 1.45. The first-order chi connectivity index (χ1) is 4.79. The van der Waals surface area contributed by atoms with Gasteiger partial charge < -0.3 is 0 Å². The zero-order valence-corrected chi connectivity index (χ0v) is 6.20. The Kier molecular flexibility index (Phi) is 1.71. The summed E-state index contributed by atoms with van der Waals surface area (Å²) < 4.78 is 0. The summed E-state index contributed by atoms with van der Waals surface area (Å²) in [4.78, 5) is 3.26. The fourth-order valence-corrected chi connectivity index (χ4v) is 1.43. The Hall–Kier alpha value is -1.32. The fourth-order valence-electron chi connectivity index (χ4n) is 0.627. The lowest BCUT2D eigenvalue weighted by Gasteiger charge is -1.82. The number of hydrogen-bond donors (Lipinski definition) is 0. The Morgan fingerprint density at radius 3 is 2.80 bits per heavy atom. The van der Waals surface area contributed by atoms with Gasteiger partial charge in [0.25, 0.3) is 0 Å². The first-order valence-corrected chi connectivity index (χ1v) is 3.53. The molecule has 1 heterocycles. The van der Waals surface area contributed by atoms with Gasteiger partial charge in [0.2, 0.25) is 5.00 Å². The van der Waals surface area contributed by atoms with Gasteiger partial charge in [-0.05, 0) is 17.9 Å². The summed E-state index contributed by atoms with van der Waals surface area (Å²) >= 11 is 1.32. The number of nitriles is 1. The fraction of sp³-hybridized carbons (Fsp3) is 0.143. The van der Waals surface area contributed by atoms with Crippen LogP contribution in [0.25, 0.3) is 4.85 Å². The van der Waals surface area contributed by atoms with Gasteiger partial charge in [-0.15, -0.1) is 0 Å². The van der Waals surface area contributed by atoms with Crippen LogP contribution >= 0.6 is 11.3 Å². The van der Waals surface area contributed by atoms with E-state index in [0.717, 1.165) is 5.56 Å². The van der Waals surface area contributed by atoms with E-state index in [1.807, 2.05) is 6.07 Å². The van der Waals surface area contributed by atoms with Crippen LogP contribution in [-0.2, 0) is 0 Å². The normalized spacial score (nSPS) is 8.30. The molecule has 0 amide bonds. The summed E-state index contributed by atoms with van der Waals surface area (Å²) in [7, 11) is 0. The summed E-state index contributed by atoms with van der Waals surface area (Å²) in [5.74, 6) is 0. The van der Waals surface area contributed by atoms with Crippen LogP contribution < -0.4 is 0 Å². The number of hydrogen-bond acceptors (Lipinski definition) is 2. The van der Waals surface area contributed by atoms with Gasteiger partial charge >= 0.3 is 0 Å². The molecule has 0 aliphatic carbocycles. The van der Waals surface area contributed by atoms with Crippen molar-refractivity contribution in [2.75, 3.05) is 0 Å². The van der Waals surface area contributed by atoms with Crippen LogP contribution in [0.4, 0.5) is 5.00 Å². The molecule has 1 rings (SSSR count). The number of thiophene rings is 1. The van der Waals surface area contributed by atoms with E-state index in [1.54, 1.807) is 12.3 Å². The van der Waals surface area contributed by atoms with E-state index in [0.29, 0.717) is 10.6 Å². The second-order valence-corrected chi connectivity index (χ2v) is 2.66. The minimum Gasteiger partial charge on any atom is -0.226 e. The summed E-state index contributed by atoms with van der Waals surface area (Å²) in [5.41, 5.74) is 1.43. The van der Waals surface area contributed by atoms with Gasteiger partial charge in [-0.1, -0.05) is 0 Å². The Morgan fingerprint density at radius 1 is 1.80 bits per heavy atom. The minimum atomic E-state index is 0.621. The molecule has 0 radical (unpaired) electrons. The van der Waals surface area contributed by atoms with E-state index in [-0.39, 0.29) is 0 Å². The molecule has 0 aliphatic rings. The van der Waals surface area contributed by atoms with Crippen molar-refractivity contribution in [3.8, 4) is 6.07 Å². The van der Waals surface area contributed by atoms with Crippen LogP contribution in [0.15, 0.2) is 5.38 Å². The lowest BCUT2D eigenvalue weighted by atomic mass is 10.2. The molecule has 3 heteroatoms. The van der Waals surface area contributed by atoms with Crippen molar-refractivity contribution in [3.05, 3.63) is 27.9 Å². The number of rotatable bonds is 0. The van der Waals surface area contributed by atoms with Gasteiger partial charge in [-0.3, -0.25) is 0 Å². The van der Waals surface area contributed by atoms with Crippen molar-refractivity contribution in [2.24, 2.45) is 0 Å². The predicted octanol–water partition coefficient (Wildman–Crippen LogP) is 2.48. The van der Waals surface area contributed by atoms with Crippen molar-refractivity contribution in [1.29, 1.82) is 5.26 Å². The molecule has 0 saturated heterocycles. The third kappa shape index (κ3) is 0.877. The monoisotopic (exact) mass is 148 g/mol. The highest BCUT2D eigenvalue weighted by Crippen LogP contribution is 2.28. The Morgan fingerprint density at radius 2 is 2.50 bits per heavy atom. The maximum atomic E-state index is 8.48. The molecule has 0 unspecified atom stereocenters. The molecule has 2 nitrogen and oxygen atoms in total. The first kappa shape index (κ1) is 6.80. The maximum absolute atomic E-state index is 8.48. The second-order valence-electron chi connectivity index (χ2n) is 1.80. The molecule has 0 N–H and O–H groups in total. The molecule has 0 spiro atoms. The average Bonchev–Trinajstić information content (AvgIpc) is 2.30. The molecule has 10 heavy (non-hydrogen) atoms. The molecular weight excluding hydrogens is 144 g/mol. The molecule has 48 valence electrons. The Bertz CT molecular complexity index is 293. The van der Waals surface area contributed by atoms with Crippen LogP contribution in [0.1, 0.15) is 11.1 Å². The average molecular weight is 148 g/mol. The molecule has 0 atom stereocenters. The van der Waals surface area contributed by atoms with Crippen LogP contribution in [0, 0.1) is 24.8 Å². The minimum absolute atomic E-state index is 0.621. The van der Waals surface area contributed by atoms with E-state index >= 15 is 0 Å². The van der Waals surface area contributed by atoms with Gasteiger partial charge in [0.1, 0.15) is 0 Å². The van der Waals surface area contributed by atoms with E-state index in [1.165, 1.54) is 11.3 Å². The van der Waals surface area contributed by atoms with E-state index < -0.39 is 0 Å². The van der Waals surface area contributed by atoms with E-state index in [2.05, 4.69) is 4.85 Å².